The van der Waals surface area contributed by atoms with Crippen molar-refractivity contribution in [3.05, 3.63) is 95.8 Å². The molecular weight excluding hydrogens is 415 g/mol. The predicted octanol–water partition coefficient (Wildman–Crippen LogP) is 3.61. The minimum absolute atomic E-state index is 0. The number of hydrogen-bond donors (Lipinski definition) is 2. The second-order valence-electron chi connectivity index (χ2n) is 5.93. The largest absolute Gasteiger partial charge is 0.497 e. The van der Waals surface area contributed by atoms with Crippen LogP contribution in [0.4, 0.5) is 11.4 Å². The quantitative estimate of drug-likeness (QED) is 0.665. The number of carbonyl (C=O) groups excluding carboxylic acids is 2. The van der Waals surface area contributed by atoms with Gasteiger partial charge in [0.25, 0.3) is 0 Å². The maximum absolute atomic E-state index is 12.1. The number of rotatable bonds is 6. The van der Waals surface area contributed by atoms with Crippen molar-refractivity contribution < 1.29 is 35.8 Å². The molecule has 0 bridgehead atoms. The predicted molar refractivity (Wildman–Crippen MR) is 108 cm³/mol. The monoisotopic (exact) mass is 435 g/mol. The van der Waals surface area contributed by atoms with E-state index in [0.29, 0.717) is 22.7 Å². The van der Waals surface area contributed by atoms with Crippen LogP contribution in [0, 0.1) is 0 Å². The third-order valence-electron chi connectivity index (χ3n) is 4.13. The molecule has 6 nitrogen and oxygen atoms in total. The number of ketones is 2. The van der Waals surface area contributed by atoms with E-state index < -0.39 is 0 Å². The molecule has 0 atom stereocenters. The first-order valence-electron chi connectivity index (χ1n) is 8.59. The Bertz CT molecular complexity index is 905. The molecular formula is C22H20CoN2O4. The van der Waals surface area contributed by atoms with E-state index in [2.05, 4.69) is 10.6 Å². The summed E-state index contributed by atoms with van der Waals surface area (Å²) < 4.78 is 10.1. The first-order valence-corrected chi connectivity index (χ1v) is 8.59. The summed E-state index contributed by atoms with van der Waals surface area (Å²) in [6.07, 6.45) is 13.0. The summed E-state index contributed by atoms with van der Waals surface area (Å²) in [4.78, 5) is 24.2. The second-order valence-corrected chi connectivity index (χ2v) is 5.93. The molecule has 2 aliphatic carbocycles. The summed E-state index contributed by atoms with van der Waals surface area (Å²) in [5.41, 5.74) is 2.54. The first kappa shape index (κ1) is 22.0. The number of para-hydroxylation sites is 2. The zero-order valence-corrected chi connectivity index (χ0v) is 16.9. The van der Waals surface area contributed by atoms with Gasteiger partial charge in [-0.1, -0.05) is 12.1 Å². The Morgan fingerprint density at radius 2 is 1.14 bits per heavy atom. The molecule has 0 aliphatic heterocycles. The summed E-state index contributed by atoms with van der Waals surface area (Å²) in [5.74, 6) is 0.759. The third-order valence-corrected chi connectivity index (χ3v) is 4.13. The molecule has 3 rings (SSSR count). The van der Waals surface area contributed by atoms with Crippen LogP contribution in [0.25, 0.3) is 0 Å². The number of hydrogen-bond acceptors (Lipinski definition) is 6. The van der Waals surface area contributed by atoms with Crippen molar-refractivity contribution in [2.45, 2.75) is 0 Å². The molecule has 0 amide bonds. The Morgan fingerprint density at radius 1 is 0.724 bits per heavy atom. The topological polar surface area (TPSA) is 76.7 Å². The van der Waals surface area contributed by atoms with Crippen LogP contribution in [0.15, 0.2) is 95.8 Å². The van der Waals surface area contributed by atoms with Gasteiger partial charge in [0.1, 0.15) is 11.5 Å². The molecule has 0 spiro atoms. The number of methoxy groups -OCH3 is 2. The summed E-state index contributed by atoms with van der Waals surface area (Å²) in [6.45, 7) is 0. The molecule has 0 fully saturated rings. The van der Waals surface area contributed by atoms with Crippen LogP contribution >= 0.6 is 0 Å². The smallest absolute Gasteiger partial charge is 0.190 e. The maximum Gasteiger partial charge on any atom is 0.190 e. The van der Waals surface area contributed by atoms with E-state index in [1.807, 2.05) is 24.3 Å². The van der Waals surface area contributed by atoms with E-state index in [1.54, 1.807) is 36.7 Å². The van der Waals surface area contributed by atoms with Crippen LogP contribution in [0.3, 0.4) is 0 Å². The van der Waals surface area contributed by atoms with Gasteiger partial charge in [-0.2, -0.15) is 0 Å². The van der Waals surface area contributed by atoms with Crippen molar-refractivity contribution in [2.24, 2.45) is 0 Å². The first-order chi connectivity index (χ1) is 13.6. The Kier molecular flexibility index (Phi) is 7.82. The van der Waals surface area contributed by atoms with Crippen molar-refractivity contribution >= 4 is 22.9 Å². The Balaban J connectivity index is 0.00000300. The third kappa shape index (κ3) is 5.60. The van der Waals surface area contributed by atoms with Gasteiger partial charge in [0.2, 0.25) is 0 Å². The number of allylic oxidation sites excluding steroid dienone is 8. The van der Waals surface area contributed by atoms with Crippen molar-refractivity contribution in [1.29, 1.82) is 0 Å². The fourth-order valence-corrected chi connectivity index (χ4v) is 2.57. The van der Waals surface area contributed by atoms with Gasteiger partial charge in [-0.3, -0.25) is 9.59 Å². The average molecular weight is 435 g/mol. The zero-order chi connectivity index (χ0) is 19.9. The summed E-state index contributed by atoms with van der Waals surface area (Å²) in [7, 11) is 3.04. The number of nitrogens with one attached hydrogen (secondary N) is 2. The van der Waals surface area contributed by atoms with Crippen molar-refractivity contribution in [2.75, 3.05) is 24.9 Å². The Labute approximate surface area is 179 Å². The normalized spacial score (nSPS) is 18.1. The van der Waals surface area contributed by atoms with Crippen molar-refractivity contribution in [3.63, 3.8) is 0 Å². The number of anilines is 2. The van der Waals surface area contributed by atoms with Crippen LogP contribution < -0.4 is 10.6 Å². The Morgan fingerprint density at radius 3 is 1.48 bits per heavy atom. The molecule has 29 heavy (non-hydrogen) atoms. The molecule has 151 valence electrons. The number of carbonyl (C=O) groups is 2. The standard InChI is InChI=1S/C22H20N2O4.Co/c1-27-17-9-7-15(21(25)11-17)13-23-19-5-3-4-6-20(19)24-14-16-8-10-18(28-2)12-22(16)26;/h3-14,23-24H,1-2H3;/b15-13-,16-14-;. The molecule has 0 heterocycles. The van der Waals surface area contributed by atoms with Gasteiger partial charge in [0.05, 0.1) is 25.6 Å². The van der Waals surface area contributed by atoms with Crippen LogP contribution in [0.2, 0.25) is 0 Å². The molecule has 0 aromatic heterocycles. The maximum atomic E-state index is 12.1. The van der Waals surface area contributed by atoms with Crippen LogP contribution in [0.5, 0.6) is 0 Å². The molecule has 1 aromatic carbocycles. The van der Waals surface area contributed by atoms with E-state index in [4.69, 9.17) is 9.47 Å². The summed E-state index contributed by atoms with van der Waals surface area (Å²) in [6, 6.07) is 7.49. The number of benzene rings is 1. The molecule has 0 saturated heterocycles. The van der Waals surface area contributed by atoms with E-state index in [9.17, 15) is 9.59 Å². The molecule has 0 saturated carbocycles. The fourth-order valence-electron chi connectivity index (χ4n) is 2.57. The number of ether oxygens (including phenoxy) is 2. The second kappa shape index (κ2) is 10.3. The van der Waals surface area contributed by atoms with Crippen LogP contribution in [-0.2, 0) is 35.8 Å². The molecule has 0 unspecified atom stereocenters. The van der Waals surface area contributed by atoms with Gasteiger partial charge < -0.3 is 20.1 Å². The minimum atomic E-state index is -0.141. The van der Waals surface area contributed by atoms with Crippen LogP contribution in [0.1, 0.15) is 0 Å². The van der Waals surface area contributed by atoms with Gasteiger partial charge in [-0.25, -0.2) is 0 Å². The van der Waals surface area contributed by atoms with Gasteiger partial charge in [-0.15, -0.1) is 0 Å². The van der Waals surface area contributed by atoms with Crippen molar-refractivity contribution in [3.8, 4) is 0 Å². The molecule has 1 aromatic rings. The van der Waals surface area contributed by atoms with Gasteiger partial charge in [-0.05, 0) is 36.4 Å². The summed E-state index contributed by atoms with van der Waals surface area (Å²) in [5, 5.41) is 6.26. The molecule has 2 aliphatic rings. The van der Waals surface area contributed by atoms with Gasteiger partial charge in [0.15, 0.2) is 11.6 Å². The van der Waals surface area contributed by atoms with Gasteiger partial charge in [0, 0.05) is 52.5 Å². The SMILES string of the molecule is COC1=CC(=O)/C(=C\Nc2ccccc2N/C=C2/C=CC(OC)=CC2=O)C=C1.[Co]. The van der Waals surface area contributed by atoms with E-state index in [-0.39, 0.29) is 28.3 Å². The zero-order valence-electron chi connectivity index (χ0n) is 15.9. The minimum Gasteiger partial charge on any atom is -0.497 e. The van der Waals surface area contributed by atoms with E-state index >= 15 is 0 Å². The van der Waals surface area contributed by atoms with Crippen LogP contribution in [-0.4, -0.2) is 25.8 Å². The van der Waals surface area contributed by atoms with Gasteiger partial charge >= 0.3 is 0 Å². The fraction of sp³-hybridized carbons (Fsp3) is 0.0909. The average Bonchev–Trinajstić information content (AvgIpc) is 2.72. The van der Waals surface area contributed by atoms with E-state index in [0.717, 1.165) is 11.4 Å². The molecule has 2 N–H and O–H groups in total. The summed E-state index contributed by atoms with van der Waals surface area (Å²) >= 11 is 0. The van der Waals surface area contributed by atoms with Crippen molar-refractivity contribution in [1.82, 2.24) is 0 Å². The molecule has 1 radical (unpaired) electrons. The molecule has 7 heteroatoms. The Hall–Kier alpha value is -3.29. The van der Waals surface area contributed by atoms with E-state index in [1.165, 1.54) is 26.4 Å².